The number of anilines is 1. The molecule has 4 heterocycles. The van der Waals surface area contributed by atoms with Gasteiger partial charge in [-0.1, -0.05) is 18.2 Å². The van der Waals surface area contributed by atoms with E-state index in [1.165, 1.54) is 15.2 Å². The summed E-state index contributed by atoms with van der Waals surface area (Å²) >= 11 is 0. The Hall–Kier alpha value is -4.08. The van der Waals surface area contributed by atoms with Gasteiger partial charge in [0.15, 0.2) is 22.9 Å². The van der Waals surface area contributed by atoms with Gasteiger partial charge < -0.3 is 4.90 Å². The van der Waals surface area contributed by atoms with Gasteiger partial charge in [0.2, 0.25) is 0 Å². The van der Waals surface area contributed by atoms with Gasteiger partial charge in [-0.25, -0.2) is 28.8 Å². The zero-order valence-corrected chi connectivity index (χ0v) is 18.1. The van der Waals surface area contributed by atoms with Crippen molar-refractivity contribution in [2.75, 3.05) is 19.0 Å². The molecule has 32 heavy (non-hydrogen) atoms. The summed E-state index contributed by atoms with van der Waals surface area (Å²) in [7, 11) is 7.10. The van der Waals surface area contributed by atoms with Crippen molar-refractivity contribution in [2.24, 2.45) is 14.1 Å². The van der Waals surface area contributed by atoms with Gasteiger partial charge in [0.25, 0.3) is 0 Å². The highest BCUT2D eigenvalue weighted by molar-refractivity contribution is 5.92. The molecule has 0 saturated heterocycles. The first-order valence-corrected chi connectivity index (χ1v) is 10.0. The molecule has 162 valence electrons. The van der Waals surface area contributed by atoms with E-state index in [1.54, 1.807) is 43.2 Å². The Labute approximate surface area is 182 Å². The number of nitrogens with zero attached hydrogens (tertiary/aromatic N) is 8. The highest BCUT2D eigenvalue weighted by Gasteiger charge is 2.22. The normalized spacial score (nSPS) is 11.5. The van der Waals surface area contributed by atoms with Crippen molar-refractivity contribution in [3.63, 3.8) is 0 Å². The summed E-state index contributed by atoms with van der Waals surface area (Å²) in [5.41, 5.74) is 2.58. The Morgan fingerprint density at radius 3 is 2.53 bits per heavy atom. The molecular weight excluding hydrogens is 411 g/mol. The van der Waals surface area contributed by atoms with Gasteiger partial charge in [-0.15, -0.1) is 0 Å². The van der Waals surface area contributed by atoms with Crippen LogP contribution in [0.25, 0.3) is 33.7 Å². The molecule has 9 nitrogen and oxygen atoms in total. The maximum absolute atomic E-state index is 14.3. The van der Waals surface area contributed by atoms with Gasteiger partial charge in [-0.2, -0.15) is 5.10 Å². The molecule has 0 N–H and O–H groups in total. The van der Waals surface area contributed by atoms with Crippen LogP contribution in [-0.2, 0) is 20.6 Å². The van der Waals surface area contributed by atoms with Crippen LogP contribution >= 0.6 is 0 Å². The van der Waals surface area contributed by atoms with Crippen LogP contribution in [0.3, 0.4) is 0 Å². The number of pyridine rings is 1. The summed E-state index contributed by atoms with van der Waals surface area (Å²) < 4.78 is 19.0. The lowest BCUT2D eigenvalue weighted by Crippen LogP contribution is -2.20. The summed E-state index contributed by atoms with van der Waals surface area (Å²) in [6.07, 6.45) is 1.67. The SMILES string of the molecule is CN(C)c1nc(-c2nn(Cc3ccccc3F)c3ncccc23)nc2c1n(C)c(=O)n2C. The van der Waals surface area contributed by atoms with Crippen LogP contribution in [-0.4, -0.2) is 48.0 Å². The van der Waals surface area contributed by atoms with Crippen molar-refractivity contribution in [1.82, 2.24) is 33.9 Å². The molecule has 0 spiro atoms. The van der Waals surface area contributed by atoms with Crippen molar-refractivity contribution in [1.29, 1.82) is 0 Å². The fourth-order valence-electron chi connectivity index (χ4n) is 3.87. The topological polar surface area (TPSA) is 86.7 Å². The van der Waals surface area contributed by atoms with Gasteiger partial charge in [0.1, 0.15) is 17.0 Å². The molecule has 5 aromatic rings. The zero-order chi connectivity index (χ0) is 22.6. The Balaban J connectivity index is 1.76. The predicted molar refractivity (Wildman–Crippen MR) is 120 cm³/mol. The van der Waals surface area contributed by atoms with Crippen LogP contribution in [0.5, 0.6) is 0 Å². The molecule has 0 saturated carbocycles. The Kier molecular flexibility index (Phi) is 4.50. The minimum absolute atomic E-state index is 0.189. The van der Waals surface area contributed by atoms with Gasteiger partial charge in [0, 0.05) is 40.0 Å². The highest BCUT2D eigenvalue weighted by atomic mass is 19.1. The van der Waals surface area contributed by atoms with E-state index >= 15 is 0 Å². The molecule has 0 aliphatic heterocycles. The molecule has 10 heteroatoms. The number of fused-ring (bicyclic) bond motifs is 2. The standard InChI is InChI=1S/C22H21FN8O/c1-28(2)20-17-21(30(4)22(32)29(17)3)26-18(25-20)16-14-9-7-11-24-19(14)31(27-16)12-13-8-5-6-10-15(13)23/h5-11H,12H2,1-4H3. The predicted octanol–water partition coefficient (Wildman–Crippen LogP) is 2.33. The van der Waals surface area contributed by atoms with E-state index in [0.29, 0.717) is 39.7 Å². The average molecular weight is 432 g/mol. The third-order valence-corrected chi connectivity index (χ3v) is 5.49. The second kappa shape index (κ2) is 7.26. The van der Waals surface area contributed by atoms with Crippen LogP contribution in [0.4, 0.5) is 10.2 Å². The van der Waals surface area contributed by atoms with Gasteiger partial charge >= 0.3 is 5.69 Å². The lowest BCUT2D eigenvalue weighted by molar-refractivity contribution is 0.589. The van der Waals surface area contributed by atoms with Crippen LogP contribution in [0.1, 0.15) is 5.56 Å². The Morgan fingerprint density at radius 2 is 1.78 bits per heavy atom. The molecule has 0 aliphatic carbocycles. The molecule has 5 rings (SSSR count). The molecule has 0 aliphatic rings. The van der Waals surface area contributed by atoms with E-state index in [0.717, 1.165) is 5.39 Å². The van der Waals surface area contributed by atoms with Crippen LogP contribution in [0.15, 0.2) is 47.4 Å². The van der Waals surface area contributed by atoms with E-state index < -0.39 is 0 Å². The van der Waals surface area contributed by atoms with E-state index in [4.69, 9.17) is 10.1 Å². The fraction of sp³-hybridized carbons (Fsp3) is 0.227. The number of rotatable bonds is 4. The second-order valence-electron chi connectivity index (χ2n) is 7.81. The monoisotopic (exact) mass is 432 g/mol. The Morgan fingerprint density at radius 1 is 1.00 bits per heavy atom. The number of hydrogen-bond donors (Lipinski definition) is 0. The molecule has 0 fully saturated rings. The zero-order valence-electron chi connectivity index (χ0n) is 18.1. The van der Waals surface area contributed by atoms with Crippen LogP contribution in [0.2, 0.25) is 0 Å². The number of hydrogen-bond acceptors (Lipinski definition) is 6. The van der Waals surface area contributed by atoms with Crippen molar-refractivity contribution >= 4 is 28.0 Å². The van der Waals surface area contributed by atoms with E-state index in [1.807, 2.05) is 31.1 Å². The third kappa shape index (κ3) is 2.95. The molecule has 0 bridgehead atoms. The van der Waals surface area contributed by atoms with Gasteiger partial charge in [-0.05, 0) is 18.2 Å². The van der Waals surface area contributed by atoms with E-state index in [9.17, 15) is 9.18 Å². The summed E-state index contributed by atoms with van der Waals surface area (Å²) in [5, 5.41) is 5.46. The summed E-state index contributed by atoms with van der Waals surface area (Å²) in [6.45, 7) is 0.215. The number of halogens is 1. The molecule has 1 aromatic carbocycles. The van der Waals surface area contributed by atoms with Gasteiger partial charge in [0.05, 0.1) is 11.9 Å². The molecule has 0 unspecified atom stereocenters. The summed E-state index contributed by atoms with van der Waals surface area (Å²) in [5.74, 6) is 0.666. The first-order valence-electron chi connectivity index (χ1n) is 10.0. The van der Waals surface area contributed by atoms with Crippen molar-refractivity contribution in [2.45, 2.75) is 6.54 Å². The molecule has 0 radical (unpaired) electrons. The third-order valence-electron chi connectivity index (χ3n) is 5.49. The number of aryl methyl sites for hydroxylation is 2. The lowest BCUT2D eigenvalue weighted by Gasteiger charge is -2.14. The number of imidazole rings is 1. The van der Waals surface area contributed by atoms with Crippen LogP contribution in [0, 0.1) is 5.82 Å². The maximum Gasteiger partial charge on any atom is 0.329 e. The smallest absolute Gasteiger partial charge is 0.329 e. The van der Waals surface area contributed by atoms with E-state index in [-0.39, 0.29) is 18.1 Å². The average Bonchev–Trinajstić information content (AvgIpc) is 3.26. The van der Waals surface area contributed by atoms with Crippen molar-refractivity contribution < 1.29 is 4.39 Å². The minimum atomic E-state index is -0.305. The van der Waals surface area contributed by atoms with Crippen molar-refractivity contribution in [3.8, 4) is 11.5 Å². The van der Waals surface area contributed by atoms with Gasteiger partial charge in [-0.3, -0.25) is 9.13 Å². The number of benzene rings is 1. The lowest BCUT2D eigenvalue weighted by atomic mass is 10.2. The fourth-order valence-corrected chi connectivity index (χ4v) is 3.87. The Bertz CT molecular complexity index is 1550. The highest BCUT2D eigenvalue weighted by Crippen LogP contribution is 2.29. The summed E-state index contributed by atoms with van der Waals surface area (Å²) in [4.78, 5) is 28.3. The first kappa shape index (κ1) is 19.9. The summed E-state index contributed by atoms with van der Waals surface area (Å²) in [6, 6.07) is 10.3. The quantitative estimate of drug-likeness (QED) is 0.433. The molecule has 0 amide bonds. The van der Waals surface area contributed by atoms with Crippen LogP contribution < -0.4 is 10.6 Å². The first-order chi connectivity index (χ1) is 15.4. The van der Waals surface area contributed by atoms with Crippen molar-refractivity contribution in [3.05, 3.63) is 64.5 Å². The molecule has 4 aromatic heterocycles. The van der Waals surface area contributed by atoms with E-state index in [2.05, 4.69) is 9.97 Å². The maximum atomic E-state index is 14.3. The number of aromatic nitrogens is 7. The largest absolute Gasteiger partial charge is 0.361 e. The minimum Gasteiger partial charge on any atom is -0.361 e. The second-order valence-corrected chi connectivity index (χ2v) is 7.81. The molecule has 0 atom stereocenters. The molecular formula is C22H21FN8O.